The number of rotatable bonds is 1. The predicted octanol–water partition coefficient (Wildman–Crippen LogP) is 1.72. The zero-order chi connectivity index (χ0) is 11.0. The molecule has 1 atom stereocenters. The maximum atomic E-state index is 11.0. The van der Waals surface area contributed by atoms with Crippen LogP contribution in [-0.2, 0) is 4.79 Å². The van der Waals surface area contributed by atoms with Crippen LogP contribution in [0.15, 0.2) is 12.1 Å². The molecule has 1 heterocycles. The number of amides is 1. The fraction of sp³-hybridized carbons (Fsp3) is 0.300. The van der Waals surface area contributed by atoms with Crippen molar-refractivity contribution in [2.75, 3.05) is 11.9 Å². The van der Waals surface area contributed by atoms with Gasteiger partial charge in [0.2, 0.25) is 0 Å². The van der Waals surface area contributed by atoms with E-state index in [9.17, 15) is 9.90 Å². The van der Waals surface area contributed by atoms with Crippen molar-refractivity contribution in [3.05, 3.63) is 22.7 Å². The zero-order valence-electron chi connectivity index (χ0n) is 8.08. The number of carbonyl (C=O) groups is 1. The number of nitrogens with one attached hydrogen (secondary N) is 1. The summed E-state index contributed by atoms with van der Waals surface area (Å²) in [6.45, 7) is 1.61. The maximum absolute atomic E-state index is 11.0. The highest BCUT2D eigenvalue weighted by Gasteiger charge is 2.19. The summed E-state index contributed by atoms with van der Waals surface area (Å²) in [5, 5.41) is 12.5. The quantitative estimate of drug-likeness (QED) is 0.768. The monoisotopic (exact) mass is 227 g/mol. The van der Waals surface area contributed by atoms with Gasteiger partial charge in [-0.15, -0.1) is 0 Å². The van der Waals surface area contributed by atoms with Crippen molar-refractivity contribution in [1.82, 2.24) is 0 Å². The van der Waals surface area contributed by atoms with Crippen LogP contribution >= 0.6 is 11.6 Å². The molecule has 0 aliphatic carbocycles. The fourth-order valence-electron chi connectivity index (χ4n) is 1.44. The van der Waals surface area contributed by atoms with E-state index in [4.69, 9.17) is 16.3 Å². The minimum atomic E-state index is -0.663. The minimum absolute atomic E-state index is 0.00607. The SMILES string of the molecule is C[C@H](O)c1cc2c(cc1Cl)NC(=O)CO2. The van der Waals surface area contributed by atoms with Crippen molar-refractivity contribution in [2.45, 2.75) is 13.0 Å². The minimum Gasteiger partial charge on any atom is -0.482 e. The highest BCUT2D eigenvalue weighted by atomic mass is 35.5. The smallest absolute Gasteiger partial charge is 0.262 e. The molecule has 2 N–H and O–H groups in total. The van der Waals surface area contributed by atoms with Crippen molar-refractivity contribution in [1.29, 1.82) is 0 Å². The third-order valence-corrected chi connectivity index (χ3v) is 2.51. The Morgan fingerprint density at radius 2 is 2.33 bits per heavy atom. The van der Waals surface area contributed by atoms with Gasteiger partial charge in [-0.05, 0) is 19.1 Å². The molecule has 80 valence electrons. The lowest BCUT2D eigenvalue weighted by atomic mass is 10.1. The number of ether oxygens (including phenoxy) is 1. The number of aliphatic hydroxyl groups is 1. The first-order valence-electron chi connectivity index (χ1n) is 4.52. The van der Waals surface area contributed by atoms with E-state index in [0.717, 1.165) is 0 Å². The highest BCUT2D eigenvalue weighted by Crippen LogP contribution is 2.35. The van der Waals surface area contributed by atoms with E-state index in [1.54, 1.807) is 19.1 Å². The summed E-state index contributed by atoms with van der Waals surface area (Å²) in [6.07, 6.45) is -0.663. The number of hydrogen-bond acceptors (Lipinski definition) is 3. The summed E-state index contributed by atoms with van der Waals surface area (Å²) in [5.41, 5.74) is 1.13. The molecule has 0 unspecified atom stereocenters. The van der Waals surface area contributed by atoms with E-state index >= 15 is 0 Å². The number of aliphatic hydroxyl groups excluding tert-OH is 1. The molecule has 1 aliphatic rings. The van der Waals surface area contributed by atoms with E-state index in [0.29, 0.717) is 22.0 Å². The van der Waals surface area contributed by atoms with Gasteiger partial charge in [0.1, 0.15) is 5.75 Å². The first-order valence-corrected chi connectivity index (χ1v) is 4.90. The second-order valence-electron chi connectivity index (χ2n) is 3.38. The molecule has 0 aromatic heterocycles. The standard InChI is InChI=1S/C10H10ClNO3/c1-5(13)6-2-9-8(3-7(6)11)12-10(14)4-15-9/h2-3,5,13H,4H2,1H3,(H,12,14)/t5-/m0/s1. The number of hydrogen-bond donors (Lipinski definition) is 2. The summed E-state index contributed by atoms with van der Waals surface area (Å²) in [6, 6.07) is 3.22. The lowest BCUT2D eigenvalue weighted by molar-refractivity contribution is -0.118. The molecule has 0 fully saturated rings. The van der Waals surface area contributed by atoms with E-state index in [2.05, 4.69) is 5.32 Å². The summed E-state index contributed by atoms with van der Waals surface area (Å²) >= 11 is 5.94. The number of fused-ring (bicyclic) bond motifs is 1. The third kappa shape index (κ3) is 1.91. The van der Waals surface area contributed by atoms with Gasteiger partial charge in [-0.2, -0.15) is 0 Å². The van der Waals surface area contributed by atoms with Gasteiger partial charge in [-0.25, -0.2) is 0 Å². The molecule has 0 saturated carbocycles. The van der Waals surface area contributed by atoms with Crippen LogP contribution in [-0.4, -0.2) is 17.6 Å². The van der Waals surface area contributed by atoms with Crippen LogP contribution in [0.5, 0.6) is 5.75 Å². The van der Waals surface area contributed by atoms with Crippen LogP contribution in [0, 0.1) is 0 Å². The molecule has 1 amide bonds. The predicted molar refractivity (Wildman–Crippen MR) is 56.2 cm³/mol. The van der Waals surface area contributed by atoms with Crippen molar-refractivity contribution < 1.29 is 14.6 Å². The van der Waals surface area contributed by atoms with Gasteiger partial charge in [0, 0.05) is 10.6 Å². The first kappa shape index (κ1) is 10.3. The second-order valence-corrected chi connectivity index (χ2v) is 3.79. The number of benzene rings is 1. The Kier molecular flexibility index (Phi) is 2.54. The van der Waals surface area contributed by atoms with Crippen molar-refractivity contribution in [2.24, 2.45) is 0 Å². The Balaban J connectivity index is 2.46. The maximum Gasteiger partial charge on any atom is 0.262 e. The van der Waals surface area contributed by atoms with E-state index in [-0.39, 0.29) is 12.5 Å². The Morgan fingerprint density at radius 1 is 1.60 bits per heavy atom. The van der Waals surface area contributed by atoms with Gasteiger partial charge in [0.25, 0.3) is 5.91 Å². The molecule has 0 bridgehead atoms. The molecule has 0 saturated heterocycles. The largest absolute Gasteiger partial charge is 0.482 e. The molecule has 0 spiro atoms. The lowest BCUT2D eigenvalue weighted by Gasteiger charge is -2.20. The molecule has 2 rings (SSSR count). The van der Waals surface area contributed by atoms with Crippen molar-refractivity contribution in [3.63, 3.8) is 0 Å². The Hall–Kier alpha value is -1.26. The number of carbonyl (C=O) groups excluding carboxylic acids is 1. The molecule has 15 heavy (non-hydrogen) atoms. The van der Waals surface area contributed by atoms with Crippen molar-refractivity contribution >= 4 is 23.2 Å². The van der Waals surface area contributed by atoms with Gasteiger partial charge in [0.15, 0.2) is 6.61 Å². The summed E-state index contributed by atoms with van der Waals surface area (Å²) in [4.78, 5) is 11.0. The molecular formula is C10H10ClNO3. The van der Waals surface area contributed by atoms with Crippen LogP contribution in [0.3, 0.4) is 0 Å². The van der Waals surface area contributed by atoms with Crippen molar-refractivity contribution in [3.8, 4) is 5.75 Å². The van der Waals surface area contributed by atoms with Gasteiger partial charge < -0.3 is 15.2 Å². The second kappa shape index (κ2) is 3.72. The Morgan fingerprint density at radius 3 is 3.00 bits per heavy atom. The van der Waals surface area contributed by atoms with E-state index in [1.165, 1.54) is 0 Å². The van der Waals surface area contributed by atoms with Crippen LogP contribution in [0.1, 0.15) is 18.6 Å². The number of halogens is 1. The summed E-state index contributed by atoms with van der Waals surface area (Å²) in [7, 11) is 0. The average Bonchev–Trinajstić information content (AvgIpc) is 2.15. The van der Waals surface area contributed by atoms with Gasteiger partial charge in [-0.1, -0.05) is 11.6 Å². The Labute approximate surface area is 91.8 Å². The molecule has 0 radical (unpaired) electrons. The van der Waals surface area contributed by atoms with Crippen LogP contribution in [0.25, 0.3) is 0 Å². The first-order chi connectivity index (χ1) is 7.08. The highest BCUT2D eigenvalue weighted by molar-refractivity contribution is 6.32. The van der Waals surface area contributed by atoms with Crippen LogP contribution < -0.4 is 10.1 Å². The molecule has 1 aromatic carbocycles. The van der Waals surface area contributed by atoms with Gasteiger partial charge >= 0.3 is 0 Å². The molecule has 1 aliphatic heterocycles. The topological polar surface area (TPSA) is 58.6 Å². The van der Waals surface area contributed by atoms with E-state index in [1.807, 2.05) is 0 Å². The fourth-order valence-corrected chi connectivity index (χ4v) is 1.76. The average molecular weight is 228 g/mol. The molecular weight excluding hydrogens is 218 g/mol. The van der Waals surface area contributed by atoms with Gasteiger partial charge in [0.05, 0.1) is 11.8 Å². The summed E-state index contributed by atoms with van der Waals surface area (Å²) < 4.78 is 5.20. The molecule has 1 aromatic rings. The number of anilines is 1. The Bertz CT molecular complexity index is 417. The zero-order valence-corrected chi connectivity index (χ0v) is 8.84. The van der Waals surface area contributed by atoms with Crippen LogP contribution in [0.4, 0.5) is 5.69 Å². The third-order valence-electron chi connectivity index (χ3n) is 2.18. The lowest BCUT2D eigenvalue weighted by Crippen LogP contribution is -2.25. The van der Waals surface area contributed by atoms with Gasteiger partial charge in [-0.3, -0.25) is 4.79 Å². The van der Waals surface area contributed by atoms with Crippen LogP contribution in [0.2, 0.25) is 5.02 Å². The molecule has 5 heteroatoms. The molecule has 4 nitrogen and oxygen atoms in total. The summed E-state index contributed by atoms with van der Waals surface area (Å²) in [5.74, 6) is 0.332. The normalized spacial score (nSPS) is 16.3. The van der Waals surface area contributed by atoms with E-state index < -0.39 is 6.10 Å².